The summed E-state index contributed by atoms with van der Waals surface area (Å²) in [5, 5.41) is 0. The van der Waals surface area contributed by atoms with Gasteiger partial charge in [0.05, 0.1) is 0 Å². The van der Waals surface area contributed by atoms with Gasteiger partial charge in [0.15, 0.2) is 6.10 Å². The quantitative estimate of drug-likeness (QED) is 0.0261. The number of rotatable bonds is 66. The summed E-state index contributed by atoms with van der Waals surface area (Å²) < 4.78 is 17.0. The minimum Gasteiger partial charge on any atom is -0.462 e. The molecule has 0 aromatic rings. The summed E-state index contributed by atoms with van der Waals surface area (Å²) >= 11 is 0. The van der Waals surface area contributed by atoms with Crippen molar-refractivity contribution < 1.29 is 28.6 Å². The van der Waals surface area contributed by atoms with Gasteiger partial charge in [-0.1, -0.05) is 333 Å². The van der Waals surface area contributed by atoms with Gasteiger partial charge in [-0.05, 0) is 77.0 Å². The van der Waals surface area contributed by atoms with Gasteiger partial charge in [0.1, 0.15) is 13.2 Å². The smallest absolute Gasteiger partial charge is 0.306 e. The topological polar surface area (TPSA) is 78.9 Å². The number of carbonyl (C=O) groups is 3. The van der Waals surface area contributed by atoms with Gasteiger partial charge in [-0.2, -0.15) is 0 Å². The van der Waals surface area contributed by atoms with Crippen LogP contribution in [-0.4, -0.2) is 37.2 Å². The number of hydrogen-bond acceptors (Lipinski definition) is 6. The van der Waals surface area contributed by atoms with Crippen molar-refractivity contribution in [3.05, 3.63) is 36.5 Å². The van der Waals surface area contributed by atoms with Gasteiger partial charge in [0.25, 0.3) is 0 Å². The first-order valence-electron chi connectivity index (χ1n) is 35.5. The van der Waals surface area contributed by atoms with Crippen LogP contribution in [0.4, 0.5) is 0 Å². The van der Waals surface area contributed by atoms with E-state index in [4.69, 9.17) is 14.2 Å². The fraction of sp³-hybridized carbons (Fsp3) is 0.877. The molecular weight excluding hydrogens is 973 g/mol. The van der Waals surface area contributed by atoms with Gasteiger partial charge in [0.2, 0.25) is 0 Å². The number of allylic oxidation sites excluding steroid dienone is 6. The standard InChI is InChI=1S/C73H136O6/c1-4-7-10-13-16-19-22-25-28-31-33-34-35-36-37-38-39-40-43-45-48-51-54-57-60-63-66-72(75)78-69-70(68-77-71(74)65-62-59-56-53-50-47-44-41-30-27-24-21-18-15-12-9-6-3)79-73(76)67-64-61-58-55-52-49-46-42-32-29-26-23-20-17-14-11-8-5-2/h20,23,27,29-30,32,70H,4-19,21-22,24-26,28,31,33-69H2,1-3H3/b23-20-,30-27-,32-29-. The summed E-state index contributed by atoms with van der Waals surface area (Å²) in [6.45, 7) is 6.69. The molecule has 0 saturated carbocycles. The first-order valence-corrected chi connectivity index (χ1v) is 35.5. The molecule has 1 unspecified atom stereocenters. The monoisotopic (exact) mass is 1110 g/mol. The lowest BCUT2D eigenvalue weighted by atomic mass is 10.0. The highest BCUT2D eigenvalue weighted by atomic mass is 16.6. The SMILES string of the molecule is CCCCCC/C=C\C/C=C\CCCCCCCCCC(=O)OC(COC(=O)CCCCCCCCC/C=C\CCCCCCCC)COC(=O)CCCCCCCCCCCCCCCCCCCCCCCCCCCC. The molecule has 0 N–H and O–H groups in total. The van der Waals surface area contributed by atoms with Crippen LogP contribution in [0.3, 0.4) is 0 Å². The number of hydrogen-bond donors (Lipinski definition) is 0. The Morgan fingerprint density at radius 2 is 0.456 bits per heavy atom. The summed E-state index contributed by atoms with van der Waals surface area (Å²) in [6, 6.07) is 0. The Morgan fingerprint density at radius 3 is 0.722 bits per heavy atom. The molecule has 0 saturated heterocycles. The Kier molecular flexibility index (Phi) is 66.1. The number of unbranched alkanes of at least 4 members (excludes halogenated alkanes) is 49. The fourth-order valence-electron chi connectivity index (χ4n) is 10.8. The minimum atomic E-state index is -0.777. The van der Waals surface area contributed by atoms with E-state index < -0.39 is 6.10 Å². The summed E-state index contributed by atoms with van der Waals surface area (Å²) in [5.41, 5.74) is 0. The van der Waals surface area contributed by atoms with Crippen LogP contribution in [0, 0.1) is 0 Å². The Bertz CT molecular complexity index is 1320. The van der Waals surface area contributed by atoms with Crippen molar-refractivity contribution in [1.29, 1.82) is 0 Å². The molecule has 0 rings (SSSR count). The fourth-order valence-corrected chi connectivity index (χ4v) is 10.8. The molecule has 0 spiro atoms. The van der Waals surface area contributed by atoms with E-state index in [2.05, 4.69) is 57.2 Å². The third kappa shape index (κ3) is 66.3. The van der Waals surface area contributed by atoms with Gasteiger partial charge >= 0.3 is 17.9 Å². The molecule has 0 fully saturated rings. The Labute approximate surface area is 493 Å². The van der Waals surface area contributed by atoms with Crippen LogP contribution in [0.5, 0.6) is 0 Å². The highest BCUT2D eigenvalue weighted by molar-refractivity contribution is 5.71. The van der Waals surface area contributed by atoms with Gasteiger partial charge in [-0.3, -0.25) is 14.4 Å². The van der Waals surface area contributed by atoms with Gasteiger partial charge < -0.3 is 14.2 Å². The van der Waals surface area contributed by atoms with Crippen LogP contribution in [0.25, 0.3) is 0 Å². The number of ether oxygens (including phenoxy) is 3. The Balaban J connectivity index is 4.27. The van der Waals surface area contributed by atoms with Crippen LogP contribution in [0.15, 0.2) is 36.5 Å². The molecule has 0 amide bonds. The van der Waals surface area contributed by atoms with E-state index in [0.29, 0.717) is 19.3 Å². The zero-order valence-electron chi connectivity index (χ0n) is 53.4. The normalized spacial score (nSPS) is 12.2. The molecule has 6 heteroatoms. The van der Waals surface area contributed by atoms with E-state index in [1.807, 2.05) is 0 Å². The highest BCUT2D eigenvalue weighted by Crippen LogP contribution is 2.18. The Morgan fingerprint density at radius 1 is 0.253 bits per heavy atom. The predicted octanol–water partition coefficient (Wildman–Crippen LogP) is 24.3. The maximum atomic E-state index is 12.9. The van der Waals surface area contributed by atoms with E-state index in [0.717, 1.165) is 70.6 Å². The van der Waals surface area contributed by atoms with E-state index >= 15 is 0 Å². The van der Waals surface area contributed by atoms with Crippen LogP contribution >= 0.6 is 0 Å². The van der Waals surface area contributed by atoms with Crippen molar-refractivity contribution in [2.24, 2.45) is 0 Å². The third-order valence-electron chi connectivity index (χ3n) is 16.1. The summed E-state index contributed by atoms with van der Waals surface area (Å²) in [6.07, 6.45) is 84.6. The zero-order valence-corrected chi connectivity index (χ0v) is 53.4. The molecule has 0 bridgehead atoms. The van der Waals surface area contributed by atoms with Gasteiger partial charge in [0, 0.05) is 19.3 Å². The van der Waals surface area contributed by atoms with Crippen LogP contribution in [-0.2, 0) is 28.6 Å². The molecule has 0 aliphatic heterocycles. The van der Waals surface area contributed by atoms with Crippen molar-refractivity contribution in [1.82, 2.24) is 0 Å². The van der Waals surface area contributed by atoms with Crippen molar-refractivity contribution in [2.75, 3.05) is 13.2 Å². The molecule has 0 aliphatic rings. The summed E-state index contributed by atoms with van der Waals surface area (Å²) in [5.74, 6) is -0.856. The number of carbonyl (C=O) groups excluding carboxylic acids is 3. The zero-order chi connectivity index (χ0) is 57.1. The van der Waals surface area contributed by atoms with E-state index in [1.54, 1.807) is 0 Å². The molecule has 79 heavy (non-hydrogen) atoms. The van der Waals surface area contributed by atoms with E-state index in [1.165, 1.54) is 283 Å². The van der Waals surface area contributed by atoms with Crippen molar-refractivity contribution in [2.45, 2.75) is 399 Å². The average molecular weight is 1110 g/mol. The predicted molar refractivity (Wildman–Crippen MR) is 344 cm³/mol. The van der Waals surface area contributed by atoms with E-state index in [9.17, 15) is 14.4 Å². The van der Waals surface area contributed by atoms with Gasteiger partial charge in [-0.25, -0.2) is 0 Å². The minimum absolute atomic E-state index is 0.0722. The summed E-state index contributed by atoms with van der Waals surface area (Å²) in [7, 11) is 0. The highest BCUT2D eigenvalue weighted by Gasteiger charge is 2.19. The number of esters is 3. The summed E-state index contributed by atoms with van der Waals surface area (Å²) in [4.78, 5) is 38.4. The molecule has 0 heterocycles. The first kappa shape index (κ1) is 76.6. The lowest BCUT2D eigenvalue weighted by Crippen LogP contribution is -2.30. The van der Waals surface area contributed by atoms with Crippen LogP contribution < -0.4 is 0 Å². The lowest BCUT2D eigenvalue weighted by molar-refractivity contribution is -0.167. The van der Waals surface area contributed by atoms with Crippen molar-refractivity contribution in [3.8, 4) is 0 Å². The molecular formula is C73H136O6. The first-order chi connectivity index (χ1) is 39.0. The van der Waals surface area contributed by atoms with E-state index in [-0.39, 0.29) is 31.1 Å². The maximum absolute atomic E-state index is 12.9. The molecule has 6 nitrogen and oxygen atoms in total. The van der Waals surface area contributed by atoms with Crippen molar-refractivity contribution in [3.63, 3.8) is 0 Å². The second-order valence-corrected chi connectivity index (χ2v) is 24.1. The molecule has 1 atom stereocenters. The molecule has 464 valence electrons. The largest absolute Gasteiger partial charge is 0.462 e. The van der Waals surface area contributed by atoms with Gasteiger partial charge in [-0.15, -0.1) is 0 Å². The van der Waals surface area contributed by atoms with Crippen LogP contribution in [0.2, 0.25) is 0 Å². The molecule has 0 radical (unpaired) electrons. The third-order valence-corrected chi connectivity index (χ3v) is 16.1. The second-order valence-electron chi connectivity index (χ2n) is 24.1. The lowest BCUT2D eigenvalue weighted by Gasteiger charge is -2.18. The molecule has 0 aliphatic carbocycles. The Hall–Kier alpha value is -2.37. The molecule has 0 aromatic carbocycles. The van der Waals surface area contributed by atoms with Crippen LogP contribution in [0.1, 0.15) is 393 Å². The molecule has 0 aromatic heterocycles. The maximum Gasteiger partial charge on any atom is 0.306 e. The average Bonchev–Trinajstić information content (AvgIpc) is 3.45. The van der Waals surface area contributed by atoms with Crippen molar-refractivity contribution >= 4 is 17.9 Å². The second kappa shape index (κ2) is 68.1.